The van der Waals surface area contributed by atoms with Crippen LogP contribution in [0, 0.1) is 5.82 Å². The summed E-state index contributed by atoms with van der Waals surface area (Å²) in [5.74, 6) is 0.138. The third kappa shape index (κ3) is 6.92. The van der Waals surface area contributed by atoms with Gasteiger partial charge in [0.25, 0.3) is 0 Å². The van der Waals surface area contributed by atoms with E-state index < -0.39 is 17.5 Å². The summed E-state index contributed by atoms with van der Waals surface area (Å²) in [7, 11) is 0. The molecule has 2 N–H and O–H groups in total. The van der Waals surface area contributed by atoms with Gasteiger partial charge in [-0.25, -0.2) is 19.6 Å². The number of aromatic nitrogens is 2. The fourth-order valence-corrected chi connectivity index (χ4v) is 2.52. The second-order valence-corrected chi connectivity index (χ2v) is 7.90. The summed E-state index contributed by atoms with van der Waals surface area (Å²) in [6.07, 6.45) is 2.06. The molecule has 1 amide bonds. The van der Waals surface area contributed by atoms with Crippen LogP contribution in [0.15, 0.2) is 59.8 Å². The van der Waals surface area contributed by atoms with Crippen molar-refractivity contribution in [3.8, 4) is 11.6 Å². The molecule has 0 atom stereocenters. The first-order valence-electron chi connectivity index (χ1n) is 9.54. The molecule has 3 rings (SSSR count). The van der Waals surface area contributed by atoms with Gasteiger partial charge in [-0.1, -0.05) is 35.9 Å². The predicted molar refractivity (Wildman–Crippen MR) is 121 cm³/mol. The molecule has 3 aromatic rings. The van der Waals surface area contributed by atoms with Crippen LogP contribution in [0.25, 0.3) is 0 Å². The van der Waals surface area contributed by atoms with E-state index in [4.69, 9.17) is 21.1 Å². The molecule has 8 nitrogen and oxygen atoms in total. The molecular weight excluding hydrogens is 437 g/mol. The number of hydrogen-bond acceptors (Lipinski definition) is 7. The van der Waals surface area contributed by atoms with Gasteiger partial charge in [0.1, 0.15) is 22.2 Å². The minimum absolute atomic E-state index is 0.0691. The maximum Gasteiger partial charge on any atom is 0.412 e. The Kier molecular flexibility index (Phi) is 7.21. The maximum atomic E-state index is 13.6. The van der Waals surface area contributed by atoms with E-state index in [-0.39, 0.29) is 16.9 Å². The Hall–Kier alpha value is -3.72. The number of nitrogens with one attached hydrogen (secondary N) is 2. The molecule has 0 aliphatic carbocycles. The monoisotopic (exact) mass is 457 g/mol. The van der Waals surface area contributed by atoms with E-state index in [1.807, 2.05) is 0 Å². The van der Waals surface area contributed by atoms with Gasteiger partial charge in [0.05, 0.1) is 12.4 Å². The van der Waals surface area contributed by atoms with Crippen LogP contribution in [0.3, 0.4) is 0 Å². The predicted octanol–water partition coefficient (Wildman–Crippen LogP) is 5.85. The fraction of sp³-hybridized carbons (Fsp3) is 0.182. The Balaban J connectivity index is 1.68. The van der Waals surface area contributed by atoms with Gasteiger partial charge < -0.3 is 9.47 Å². The van der Waals surface area contributed by atoms with E-state index in [1.165, 1.54) is 18.5 Å². The zero-order chi connectivity index (χ0) is 23.1. The van der Waals surface area contributed by atoms with Crippen molar-refractivity contribution in [2.75, 3.05) is 10.7 Å². The second-order valence-electron chi connectivity index (χ2n) is 7.50. The molecule has 0 unspecified atom stereocenters. The summed E-state index contributed by atoms with van der Waals surface area (Å²) in [6.45, 7) is 5.32. The molecule has 0 spiro atoms. The highest BCUT2D eigenvalue weighted by Gasteiger charge is 2.16. The largest absolute Gasteiger partial charge is 0.444 e. The number of amides is 1. The Labute approximate surface area is 189 Å². The number of halogens is 2. The van der Waals surface area contributed by atoms with Crippen LogP contribution in [0.1, 0.15) is 26.3 Å². The molecule has 166 valence electrons. The van der Waals surface area contributed by atoms with Gasteiger partial charge in [-0.3, -0.25) is 5.32 Å². The lowest BCUT2D eigenvalue weighted by molar-refractivity contribution is 0.0636. The quantitative estimate of drug-likeness (QED) is 0.355. The number of carbonyl (C=O) groups is 1. The molecule has 0 aliphatic heterocycles. The third-order valence-electron chi connectivity index (χ3n) is 3.68. The Bertz CT molecular complexity index is 1130. The summed E-state index contributed by atoms with van der Waals surface area (Å²) in [5.41, 5.74) is 2.75. The molecule has 32 heavy (non-hydrogen) atoms. The molecule has 0 saturated carbocycles. The van der Waals surface area contributed by atoms with Crippen LogP contribution in [-0.4, -0.2) is 27.9 Å². The standard InChI is InChI=1S/C22H21ClFN5O3/c1-22(2,3)32-21(30)27-15-8-6-9-16(11-15)31-19-17(23)13-25-20(28-19)29-26-12-14-7-4-5-10-18(14)24/h4-13H,1-3H3,(H,27,30)(H,25,28,29)/b26-12+. The summed E-state index contributed by atoms with van der Waals surface area (Å²) in [6, 6.07) is 12.8. The molecule has 0 radical (unpaired) electrons. The van der Waals surface area contributed by atoms with Gasteiger partial charge in [0.15, 0.2) is 0 Å². The zero-order valence-corrected chi connectivity index (χ0v) is 18.4. The first-order valence-corrected chi connectivity index (χ1v) is 9.91. The van der Waals surface area contributed by atoms with Gasteiger partial charge in [-0.2, -0.15) is 10.1 Å². The van der Waals surface area contributed by atoms with Crippen LogP contribution in [0.2, 0.25) is 5.02 Å². The summed E-state index contributed by atoms with van der Waals surface area (Å²) in [4.78, 5) is 20.1. The molecule has 0 bridgehead atoms. The number of anilines is 2. The smallest absolute Gasteiger partial charge is 0.412 e. The Morgan fingerprint density at radius 2 is 1.97 bits per heavy atom. The lowest BCUT2D eigenvalue weighted by atomic mass is 10.2. The zero-order valence-electron chi connectivity index (χ0n) is 17.6. The van der Waals surface area contributed by atoms with Crippen LogP contribution < -0.4 is 15.5 Å². The van der Waals surface area contributed by atoms with Crippen LogP contribution >= 0.6 is 11.6 Å². The van der Waals surface area contributed by atoms with E-state index >= 15 is 0 Å². The molecule has 2 aromatic carbocycles. The van der Waals surface area contributed by atoms with Crippen LogP contribution in [-0.2, 0) is 4.74 Å². The van der Waals surface area contributed by atoms with E-state index in [1.54, 1.807) is 63.2 Å². The number of ether oxygens (including phenoxy) is 2. The van der Waals surface area contributed by atoms with Crippen molar-refractivity contribution < 1.29 is 18.7 Å². The number of rotatable bonds is 6. The molecular formula is C22H21ClFN5O3. The first kappa shape index (κ1) is 23.0. The highest BCUT2D eigenvalue weighted by atomic mass is 35.5. The van der Waals surface area contributed by atoms with Gasteiger partial charge in [-0.15, -0.1) is 0 Å². The SMILES string of the molecule is CC(C)(C)OC(=O)Nc1cccc(Oc2nc(N/N=C/c3ccccc3F)ncc2Cl)c1. The van der Waals surface area contributed by atoms with Crippen LogP contribution in [0.4, 0.5) is 20.8 Å². The Morgan fingerprint density at radius 3 is 2.72 bits per heavy atom. The van der Waals surface area contributed by atoms with E-state index in [0.717, 1.165) is 0 Å². The normalized spacial score (nSPS) is 11.3. The second kappa shape index (κ2) is 10.1. The van der Waals surface area contributed by atoms with Crippen molar-refractivity contribution in [1.82, 2.24) is 9.97 Å². The lowest BCUT2D eigenvalue weighted by Crippen LogP contribution is -2.27. The van der Waals surface area contributed by atoms with Crippen molar-refractivity contribution in [2.45, 2.75) is 26.4 Å². The van der Waals surface area contributed by atoms with E-state index in [9.17, 15) is 9.18 Å². The summed E-state index contributed by atoms with van der Waals surface area (Å²) in [5, 5.41) is 6.72. The number of hydrogen-bond donors (Lipinski definition) is 2. The molecule has 10 heteroatoms. The first-order chi connectivity index (χ1) is 15.2. The summed E-state index contributed by atoms with van der Waals surface area (Å²) < 4.78 is 24.6. The van der Waals surface area contributed by atoms with Crippen molar-refractivity contribution in [2.24, 2.45) is 5.10 Å². The highest BCUT2D eigenvalue weighted by molar-refractivity contribution is 6.31. The molecule has 0 saturated heterocycles. The average molecular weight is 458 g/mol. The van der Waals surface area contributed by atoms with Gasteiger partial charge in [0.2, 0.25) is 11.8 Å². The van der Waals surface area contributed by atoms with Gasteiger partial charge in [-0.05, 0) is 39.0 Å². The minimum atomic E-state index is -0.620. The van der Waals surface area contributed by atoms with Crippen LogP contribution in [0.5, 0.6) is 11.6 Å². The number of carbonyl (C=O) groups excluding carboxylic acids is 1. The summed E-state index contributed by atoms with van der Waals surface area (Å²) >= 11 is 6.14. The number of hydrazone groups is 1. The van der Waals surface area contributed by atoms with Crippen molar-refractivity contribution in [3.05, 3.63) is 71.1 Å². The van der Waals surface area contributed by atoms with E-state index in [0.29, 0.717) is 17.0 Å². The molecule has 1 heterocycles. The number of nitrogens with zero attached hydrogens (tertiary/aromatic N) is 3. The average Bonchev–Trinajstić information content (AvgIpc) is 2.70. The minimum Gasteiger partial charge on any atom is -0.444 e. The lowest BCUT2D eigenvalue weighted by Gasteiger charge is -2.19. The third-order valence-corrected chi connectivity index (χ3v) is 3.94. The topological polar surface area (TPSA) is 97.7 Å². The molecule has 0 fully saturated rings. The van der Waals surface area contributed by atoms with Gasteiger partial charge >= 0.3 is 6.09 Å². The van der Waals surface area contributed by atoms with Crippen molar-refractivity contribution >= 4 is 35.5 Å². The number of benzene rings is 2. The van der Waals surface area contributed by atoms with Gasteiger partial charge in [0, 0.05) is 17.3 Å². The van der Waals surface area contributed by atoms with Crippen molar-refractivity contribution in [1.29, 1.82) is 0 Å². The highest BCUT2D eigenvalue weighted by Crippen LogP contribution is 2.29. The van der Waals surface area contributed by atoms with E-state index in [2.05, 4.69) is 25.8 Å². The molecule has 0 aliphatic rings. The molecule has 1 aromatic heterocycles. The Morgan fingerprint density at radius 1 is 1.19 bits per heavy atom. The fourth-order valence-electron chi connectivity index (χ4n) is 2.39. The van der Waals surface area contributed by atoms with Crippen molar-refractivity contribution in [3.63, 3.8) is 0 Å². The maximum absolute atomic E-state index is 13.6.